The summed E-state index contributed by atoms with van der Waals surface area (Å²) in [5, 5.41) is 9.27. The van der Waals surface area contributed by atoms with Crippen LogP contribution in [0.1, 0.15) is 23.0 Å². The molecule has 1 aromatic heterocycles. The zero-order chi connectivity index (χ0) is 19.2. The quantitative estimate of drug-likeness (QED) is 0.448. The molecule has 2 aromatic carbocycles. The molecule has 0 aliphatic rings. The number of halogens is 1. The van der Waals surface area contributed by atoms with Gasteiger partial charge in [0.1, 0.15) is 5.82 Å². The van der Waals surface area contributed by atoms with Gasteiger partial charge in [-0.25, -0.2) is 4.98 Å². The van der Waals surface area contributed by atoms with Gasteiger partial charge in [-0.1, -0.05) is 6.07 Å². The Labute approximate surface area is 172 Å². The summed E-state index contributed by atoms with van der Waals surface area (Å²) in [7, 11) is 0. The minimum atomic E-state index is -0.133. The van der Waals surface area contributed by atoms with Crippen LogP contribution in [0, 0.1) is 10.5 Å². The van der Waals surface area contributed by atoms with Gasteiger partial charge in [0.25, 0.3) is 5.91 Å². The maximum atomic E-state index is 12.3. The molecule has 0 bridgehead atoms. The summed E-state index contributed by atoms with van der Waals surface area (Å²) in [6.45, 7) is 4.75. The molecule has 138 valence electrons. The lowest BCUT2D eigenvalue weighted by Crippen LogP contribution is -2.11. The molecule has 0 atom stereocenters. The van der Waals surface area contributed by atoms with Crippen molar-refractivity contribution in [2.24, 2.45) is 0 Å². The first-order valence-electron chi connectivity index (χ1n) is 8.57. The number of aromatic nitrogens is 2. The Bertz CT molecular complexity index is 943. The molecule has 1 amide bonds. The number of anilines is 4. The largest absolute Gasteiger partial charge is 0.370 e. The second kappa shape index (κ2) is 8.81. The van der Waals surface area contributed by atoms with Gasteiger partial charge in [0.2, 0.25) is 5.95 Å². The number of hydrogen-bond donors (Lipinski definition) is 3. The summed E-state index contributed by atoms with van der Waals surface area (Å²) >= 11 is 2.19. The van der Waals surface area contributed by atoms with E-state index in [0.29, 0.717) is 11.5 Å². The smallest absolute Gasteiger partial charge is 0.255 e. The van der Waals surface area contributed by atoms with Crippen LogP contribution >= 0.6 is 22.6 Å². The van der Waals surface area contributed by atoms with Crippen LogP contribution < -0.4 is 16.0 Å². The lowest BCUT2D eigenvalue weighted by Gasteiger charge is -2.10. The van der Waals surface area contributed by atoms with Gasteiger partial charge in [-0.05, 0) is 78.9 Å². The number of carbonyl (C=O) groups excluding carboxylic acids is 1. The van der Waals surface area contributed by atoms with E-state index in [2.05, 4.69) is 48.5 Å². The van der Waals surface area contributed by atoms with Crippen LogP contribution in [0.5, 0.6) is 0 Å². The van der Waals surface area contributed by atoms with Crippen molar-refractivity contribution in [1.29, 1.82) is 0 Å². The molecule has 0 radical (unpaired) electrons. The molecular formula is C20H20IN5O. The van der Waals surface area contributed by atoms with Crippen LogP contribution in [0.25, 0.3) is 0 Å². The summed E-state index contributed by atoms with van der Waals surface area (Å²) in [5.74, 6) is 1.18. The van der Waals surface area contributed by atoms with Crippen LogP contribution in [0.2, 0.25) is 0 Å². The zero-order valence-electron chi connectivity index (χ0n) is 15.1. The van der Waals surface area contributed by atoms with E-state index in [0.717, 1.165) is 33.0 Å². The molecule has 27 heavy (non-hydrogen) atoms. The summed E-state index contributed by atoms with van der Waals surface area (Å²) in [6, 6.07) is 16.8. The van der Waals surface area contributed by atoms with Crippen molar-refractivity contribution in [3.05, 3.63) is 69.4 Å². The molecule has 0 unspecified atom stereocenters. The lowest BCUT2D eigenvalue weighted by molar-refractivity contribution is 0.102. The predicted octanol–water partition coefficient (Wildman–Crippen LogP) is 4.82. The molecule has 3 rings (SSSR count). The number of carbonyl (C=O) groups is 1. The molecule has 0 fully saturated rings. The van der Waals surface area contributed by atoms with E-state index in [4.69, 9.17) is 0 Å². The molecule has 0 aliphatic carbocycles. The Morgan fingerprint density at radius 1 is 1.04 bits per heavy atom. The Morgan fingerprint density at radius 3 is 2.48 bits per heavy atom. The van der Waals surface area contributed by atoms with E-state index in [1.54, 1.807) is 6.07 Å². The predicted molar refractivity (Wildman–Crippen MR) is 118 cm³/mol. The van der Waals surface area contributed by atoms with Crippen LogP contribution in [-0.4, -0.2) is 22.4 Å². The first-order valence-corrected chi connectivity index (χ1v) is 9.65. The average Bonchev–Trinajstić information content (AvgIpc) is 2.63. The number of nitrogens with one attached hydrogen (secondary N) is 3. The van der Waals surface area contributed by atoms with Crippen molar-refractivity contribution in [2.45, 2.75) is 13.8 Å². The van der Waals surface area contributed by atoms with Gasteiger partial charge in [0.15, 0.2) is 0 Å². The Balaban J connectivity index is 1.68. The first kappa shape index (κ1) is 19.1. The first-order chi connectivity index (χ1) is 13.0. The minimum absolute atomic E-state index is 0.133. The molecule has 0 saturated heterocycles. The fourth-order valence-electron chi connectivity index (χ4n) is 2.50. The van der Waals surface area contributed by atoms with Crippen molar-refractivity contribution in [2.75, 3.05) is 22.5 Å². The van der Waals surface area contributed by atoms with E-state index in [9.17, 15) is 4.79 Å². The van der Waals surface area contributed by atoms with Gasteiger partial charge in [-0.15, -0.1) is 0 Å². The molecule has 3 aromatic rings. The SMILES string of the molecule is CCNc1cc(C)nc(Nc2ccc(NC(=O)c3cccc(I)c3)cc2)n1. The summed E-state index contributed by atoms with van der Waals surface area (Å²) in [5.41, 5.74) is 3.08. The van der Waals surface area contributed by atoms with E-state index in [-0.39, 0.29) is 5.91 Å². The van der Waals surface area contributed by atoms with E-state index in [1.807, 2.05) is 62.4 Å². The van der Waals surface area contributed by atoms with E-state index >= 15 is 0 Å². The highest BCUT2D eigenvalue weighted by Gasteiger charge is 2.07. The van der Waals surface area contributed by atoms with Crippen molar-refractivity contribution in [3.8, 4) is 0 Å². The van der Waals surface area contributed by atoms with E-state index < -0.39 is 0 Å². The minimum Gasteiger partial charge on any atom is -0.370 e. The van der Waals surface area contributed by atoms with Gasteiger partial charge in [-0.2, -0.15) is 4.98 Å². The van der Waals surface area contributed by atoms with Crippen molar-refractivity contribution < 1.29 is 4.79 Å². The number of benzene rings is 2. The van der Waals surface area contributed by atoms with Gasteiger partial charge in [-0.3, -0.25) is 4.79 Å². The van der Waals surface area contributed by atoms with E-state index in [1.165, 1.54) is 0 Å². The van der Waals surface area contributed by atoms with Crippen molar-refractivity contribution in [3.63, 3.8) is 0 Å². The average molecular weight is 473 g/mol. The lowest BCUT2D eigenvalue weighted by atomic mass is 10.2. The Morgan fingerprint density at radius 2 is 1.78 bits per heavy atom. The molecule has 1 heterocycles. The standard InChI is InChI=1S/C20H20IN5O/c1-3-22-18-11-13(2)23-20(26-18)25-17-9-7-16(8-10-17)24-19(27)14-5-4-6-15(21)12-14/h4-12H,3H2,1-2H3,(H,24,27)(H2,22,23,25,26). The van der Waals surface area contributed by atoms with Gasteiger partial charge < -0.3 is 16.0 Å². The molecule has 6 nitrogen and oxygen atoms in total. The Hall–Kier alpha value is -2.68. The van der Waals surface area contributed by atoms with Crippen molar-refractivity contribution >= 4 is 51.6 Å². The fraction of sp³-hybridized carbons (Fsp3) is 0.150. The highest BCUT2D eigenvalue weighted by atomic mass is 127. The highest BCUT2D eigenvalue weighted by molar-refractivity contribution is 14.1. The van der Waals surface area contributed by atoms with Crippen LogP contribution in [-0.2, 0) is 0 Å². The molecule has 3 N–H and O–H groups in total. The fourth-order valence-corrected chi connectivity index (χ4v) is 3.04. The maximum absolute atomic E-state index is 12.3. The van der Waals surface area contributed by atoms with Crippen molar-refractivity contribution in [1.82, 2.24) is 9.97 Å². The molecular weight excluding hydrogens is 453 g/mol. The van der Waals surface area contributed by atoms with Crippen LogP contribution in [0.3, 0.4) is 0 Å². The van der Waals surface area contributed by atoms with Crippen LogP contribution in [0.4, 0.5) is 23.1 Å². The highest BCUT2D eigenvalue weighted by Crippen LogP contribution is 2.19. The second-order valence-electron chi connectivity index (χ2n) is 5.92. The number of rotatable bonds is 6. The third-order valence-electron chi connectivity index (χ3n) is 3.70. The summed E-state index contributed by atoms with van der Waals surface area (Å²) < 4.78 is 1.02. The molecule has 0 aliphatic heterocycles. The summed E-state index contributed by atoms with van der Waals surface area (Å²) in [6.07, 6.45) is 0. The third-order valence-corrected chi connectivity index (χ3v) is 4.37. The number of aryl methyl sites for hydroxylation is 1. The number of hydrogen-bond acceptors (Lipinski definition) is 5. The second-order valence-corrected chi connectivity index (χ2v) is 7.16. The zero-order valence-corrected chi connectivity index (χ0v) is 17.2. The third kappa shape index (κ3) is 5.40. The molecule has 0 saturated carbocycles. The number of amides is 1. The monoisotopic (exact) mass is 473 g/mol. The van der Waals surface area contributed by atoms with Gasteiger partial charge in [0, 0.05) is 38.8 Å². The molecule has 7 heteroatoms. The van der Waals surface area contributed by atoms with Gasteiger partial charge >= 0.3 is 0 Å². The summed E-state index contributed by atoms with van der Waals surface area (Å²) in [4.78, 5) is 21.2. The van der Waals surface area contributed by atoms with Gasteiger partial charge in [0.05, 0.1) is 0 Å². The topological polar surface area (TPSA) is 78.9 Å². The maximum Gasteiger partial charge on any atom is 0.255 e. The van der Waals surface area contributed by atoms with Crippen LogP contribution in [0.15, 0.2) is 54.6 Å². The number of nitrogens with zero attached hydrogens (tertiary/aromatic N) is 2. The molecule has 0 spiro atoms. The normalized spacial score (nSPS) is 10.3. The Kier molecular flexibility index (Phi) is 6.23.